The van der Waals surface area contributed by atoms with Gasteiger partial charge in [0.15, 0.2) is 6.61 Å². The zero-order valence-corrected chi connectivity index (χ0v) is 16.9. The van der Waals surface area contributed by atoms with Crippen LogP contribution in [0.2, 0.25) is 0 Å². The van der Waals surface area contributed by atoms with Gasteiger partial charge in [0.05, 0.1) is 5.69 Å². The first-order chi connectivity index (χ1) is 14.6. The van der Waals surface area contributed by atoms with Crippen molar-refractivity contribution in [2.75, 3.05) is 18.5 Å². The summed E-state index contributed by atoms with van der Waals surface area (Å²) in [7, 11) is 0. The first-order valence-corrected chi connectivity index (χ1v) is 10.1. The van der Waals surface area contributed by atoms with Gasteiger partial charge < -0.3 is 15.4 Å². The molecule has 0 bridgehead atoms. The summed E-state index contributed by atoms with van der Waals surface area (Å²) in [6, 6.07) is 21.8. The maximum Gasteiger partial charge on any atom is 0.262 e. The van der Waals surface area contributed by atoms with Crippen molar-refractivity contribution in [2.24, 2.45) is 0 Å². The predicted octanol–water partition coefficient (Wildman–Crippen LogP) is 4.36. The van der Waals surface area contributed by atoms with E-state index in [4.69, 9.17) is 4.74 Å². The summed E-state index contributed by atoms with van der Waals surface area (Å²) in [6.07, 6.45) is 1.77. The summed E-state index contributed by atoms with van der Waals surface area (Å²) in [5.41, 5.74) is 5.79. The maximum absolute atomic E-state index is 12.3. The van der Waals surface area contributed by atoms with Crippen LogP contribution in [-0.2, 0) is 11.2 Å². The summed E-state index contributed by atoms with van der Waals surface area (Å²) < 4.78 is 5.50. The largest absolute Gasteiger partial charge is 0.482 e. The molecule has 5 heteroatoms. The van der Waals surface area contributed by atoms with Crippen LogP contribution in [0.4, 0.5) is 5.69 Å². The van der Waals surface area contributed by atoms with Gasteiger partial charge in [0.1, 0.15) is 5.75 Å². The average Bonchev–Trinajstić information content (AvgIpc) is 2.77. The number of rotatable bonds is 6. The molecule has 2 amide bonds. The van der Waals surface area contributed by atoms with E-state index in [1.54, 1.807) is 0 Å². The van der Waals surface area contributed by atoms with E-state index in [1.165, 1.54) is 5.56 Å². The first kappa shape index (κ1) is 19.7. The maximum atomic E-state index is 12.3. The minimum absolute atomic E-state index is 0.0192. The number of hydrogen-bond donors (Lipinski definition) is 2. The number of benzene rings is 3. The van der Waals surface area contributed by atoms with E-state index in [-0.39, 0.29) is 18.4 Å². The van der Waals surface area contributed by atoms with Crippen LogP contribution in [0.15, 0.2) is 66.7 Å². The van der Waals surface area contributed by atoms with Crippen molar-refractivity contribution in [3.8, 4) is 16.9 Å². The fraction of sp³-hybridized carbons (Fsp3) is 0.200. The first-order valence-electron chi connectivity index (χ1n) is 10.1. The third kappa shape index (κ3) is 4.51. The molecule has 2 N–H and O–H groups in total. The monoisotopic (exact) mass is 400 g/mol. The summed E-state index contributed by atoms with van der Waals surface area (Å²) in [5.74, 6) is 0.546. The van der Waals surface area contributed by atoms with Gasteiger partial charge in [-0.3, -0.25) is 9.59 Å². The standard InChI is InChI=1S/C25H24N2O3/c1-17-5-2-3-7-21(17)25(29)26-14-4-6-18-8-10-19(11-9-18)20-12-13-22-23(15-20)30-16-24(28)27-22/h2-3,5,7-13,15H,4,6,14,16H2,1H3,(H,26,29)(H,27,28). The number of anilines is 1. The molecule has 0 spiro atoms. The Morgan fingerprint density at radius 3 is 2.60 bits per heavy atom. The number of amides is 2. The smallest absolute Gasteiger partial charge is 0.262 e. The van der Waals surface area contributed by atoms with Gasteiger partial charge in [-0.1, -0.05) is 48.5 Å². The minimum atomic E-state index is -0.130. The van der Waals surface area contributed by atoms with Gasteiger partial charge in [0, 0.05) is 12.1 Å². The molecule has 30 heavy (non-hydrogen) atoms. The molecule has 0 aromatic heterocycles. The molecule has 4 rings (SSSR count). The molecule has 0 saturated carbocycles. The second kappa shape index (κ2) is 8.82. The normalized spacial score (nSPS) is 12.5. The lowest BCUT2D eigenvalue weighted by atomic mass is 10.0. The van der Waals surface area contributed by atoms with Gasteiger partial charge in [0.25, 0.3) is 11.8 Å². The Hall–Kier alpha value is -3.60. The molecule has 0 radical (unpaired) electrons. The van der Waals surface area contributed by atoms with Gasteiger partial charge in [-0.15, -0.1) is 0 Å². The fourth-order valence-electron chi connectivity index (χ4n) is 3.54. The molecule has 3 aromatic rings. The average molecular weight is 400 g/mol. The Morgan fingerprint density at radius 1 is 1.03 bits per heavy atom. The Morgan fingerprint density at radius 2 is 1.80 bits per heavy atom. The Labute approximate surface area is 176 Å². The molecule has 5 nitrogen and oxygen atoms in total. The van der Waals surface area contributed by atoms with E-state index in [0.29, 0.717) is 18.0 Å². The van der Waals surface area contributed by atoms with Gasteiger partial charge in [0.2, 0.25) is 0 Å². The molecular formula is C25H24N2O3. The molecule has 0 aliphatic carbocycles. The van der Waals surface area contributed by atoms with E-state index < -0.39 is 0 Å². The topological polar surface area (TPSA) is 67.4 Å². The minimum Gasteiger partial charge on any atom is -0.482 e. The Kier molecular flexibility index (Phi) is 5.80. The zero-order chi connectivity index (χ0) is 20.9. The van der Waals surface area contributed by atoms with Gasteiger partial charge in [-0.25, -0.2) is 0 Å². The van der Waals surface area contributed by atoms with E-state index in [0.717, 1.165) is 35.1 Å². The quantitative estimate of drug-likeness (QED) is 0.605. The van der Waals surface area contributed by atoms with Gasteiger partial charge in [-0.2, -0.15) is 0 Å². The molecule has 0 fully saturated rings. The number of carbonyl (C=O) groups excluding carboxylic acids is 2. The lowest BCUT2D eigenvalue weighted by Crippen LogP contribution is -2.25. The zero-order valence-electron chi connectivity index (χ0n) is 16.9. The molecule has 3 aromatic carbocycles. The molecule has 0 atom stereocenters. The van der Waals surface area contributed by atoms with E-state index in [9.17, 15) is 9.59 Å². The number of carbonyl (C=O) groups is 2. The third-order valence-corrected chi connectivity index (χ3v) is 5.22. The fourth-order valence-corrected chi connectivity index (χ4v) is 3.54. The van der Waals surface area contributed by atoms with Crippen molar-refractivity contribution in [3.05, 3.63) is 83.4 Å². The van der Waals surface area contributed by atoms with Crippen LogP contribution >= 0.6 is 0 Å². The van der Waals surface area contributed by atoms with E-state index in [2.05, 4.69) is 34.9 Å². The van der Waals surface area contributed by atoms with Crippen LogP contribution in [0.1, 0.15) is 27.9 Å². The van der Waals surface area contributed by atoms with Crippen LogP contribution in [0.5, 0.6) is 5.75 Å². The van der Waals surface area contributed by atoms with E-state index >= 15 is 0 Å². The number of aryl methyl sites for hydroxylation is 2. The van der Waals surface area contributed by atoms with Crippen molar-refractivity contribution in [1.29, 1.82) is 0 Å². The molecule has 0 saturated heterocycles. The lowest BCUT2D eigenvalue weighted by molar-refractivity contribution is -0.118. The summed E-state index contributed by atoms with van der Waals surface area (Å²) in [4.78, 5) is 23.6. The summed E-state index contributed by atoms with van der Waals surface area (Å²) in [6.45, 7) is 2.64. The highest BCUT2D eigenvalue weighted by Gasteiger charge is 2.16. The highest BCUT2D eigenvalue weighted by Crippen LogP contribution is 2.32. The van der Waals surface area contributed by atoms with Crippen molar-refractivity contribution >= 4 is 17.5 Å². The van der Waals surface area contributed by atoms with E-state index in [1.807, 2.05) is 49.4 Å². The van der Waals surface area contributed by atoms with Crippen LogP contribution in [0.3, 0.4) is 0 Å². The molecule has 152 valence electrons. The second-order valence-electron chi connectivity index (χ2n) is 7.42. The van der Waals surface area contributed by atoms with Crippen LogP contribution in [0.25, 0.3) is 11.1 Å². The SMILES string of the molecule is Cc1ccccc1C(=O)NCCCc1ccc(-c2ccc3c(c2)OCC(=O)N3)cc1. The Balaban J connectivity index is 1.31. The van der Waals surface area contributed by atoms with Crippen LogP contribution in [0, 0.1) is 6.92 Å². The number of fused-ring (bicyclic) bond motifs is 1. The lowest BCUT2D eigenvalue weighted by Gasteiger charge is -2.18. The summed E-state index contributed by atoms with van der Waals surface area (Å²) >= 11 is 0. The van der Waals surface area contributed by atoms with Gasteiger partial charge >= 0.3 is 0 Å². The summed E-state index contributed by atoms with van der Waals surface area (Å²) in [5, 5.41) is 5.80. The Bertz CT molecular complexity index is 1070. The van der Waals surface area contributed by atoms with Crippen molar-refractivity contribution < 1.29 is 14.3 Å². The third-order valence-electron chi connectivity index (χ3n) is 5.22. The van der Waals surface area contributed by atoms with Crippen LogP contribution in [-0.4, -0.2) is 25.0 Å². The molecule has 1 heterocycles. The highest BCUT2D eigenvalue weighted by atomic mass is 16.5. The molecular weight excluding hydrogens is 376 g/mol. The number of hydrogen-bond acceptors (Lipinski definition) is 3. The van der Waals surface area contributed by atoms with Crippen molar-refractivity contribution in [1.82, 2.24) is 5.32 Å². The van der Waals surface area contributed by atoms with Crippen LogP contribution < -0.4 is 15.4 Å². The second-order valence-corrected chi connectivity index (χ2v) is 7.42. The predicted molar refractivity (Wildman–Crippen MR) is 118 cm³/mol. The number of nitrogens with one attached hydrogen (secondary N) is 2. The van der Waals surface area contributed by atoms with Crippen molar-refractivity contribution in [3.63, 3.8) is 0 Å². The van der Waals surface area contributed by atoms with Crippen molar-refractivity contribution in [2.45, 2.75) is 19.8 Å². The molecule has 1 aliphatic heterocycles. The molecule has 1 aliphatic rings. The molecule has 0 unspecified atom stereocenters. The highest BCUT2D eigenvalue weighted by molar-refractivity contribution is 5.96. The van der Waals surface area contributed by atoms with Gasteiger partial charge in [-0.05, 0) is 60.2 Å². The number of ether oxygens (including phenoxy) is 1.